The number of carboxylic acid groups (broad SMARTS) is 1. The molecule has 17 heteroatoms. The molecule has 0 radical (unpaired) electrons. The van der Waals surface area contributed by atoms with Gasteiger partial charge in [0.1, 0.15) is 35.7 Å². The lowest BCUT2D eigenvalue weighted by Gasteiger charge is -2.57. The second kappa shape index (κ2) is 20.7. The molecule has 1 atom stereocenters. The number of carboxylic acids is 1. The maximum atomic E-state index is 13.5. The van der Waals surface area contributed by atoms with Crippen LogP contribution in [-0.2, 0) is 25.7 Å². The largest absolute Gasteiger partial charge is 0.507 e. The number of thioether (sulfide) groups is 1. The molecule has 3 heterocycles. The maximum absolute atomic E-state index is 13.5. The Morgan fingerprint density at radius 1 is 1.03 bits per heavy atom. The summed E-state index contributed by atoms with van der Waals surface area (Å²) in [6.45, 7) is 2.64. The fourth-order valence-corrected chi connectivity index (χ4v) is 9.48. The molecule has 2 saturated heterocycles. The number of ether oxygens (including phenoxy) is 2. The third-order valence-corrected chi connectivity index (χ3v) is 14.1. The molecule has 2 aliphatic carbocycles. The molecule has 2 aliphatic heterocycles. The van der Waals surface area contributed by atoms with Crippen molar-refractivity contribution in [2.24, 2.45) is 11.1 Å². The van der Waals surface area contributed by atoms with Crippen molar-refractivity contribution in [2.75, 3.05) is 62.0 Å². The number of benzene rings is 2. The highest BCUT2D eigenvalue weighted by molar-refractivity contribution is 8.00. The zero-order chi connectivity index (χ0) is 45.3. The van der Waals surface area contributed by atoms with Gasteiger partial charge in [-0.2, -0.15) is 11.8 Å². The highest BCUT2D eigenvalue weighted by Gasteiger charge is 2.52. The lowest BCUT2D eigenvalue weighted by molar-refractivity contribution is -0.162. The summed E-state index contributed by atoms with van der Waals surface area (Å²) in [5.74, 6) is 0.412. The van der Waals surface area contributed by atoms with Gasteiger partial charge in [-0.15, -0.1) is 0 Å². The van der Waals surface area contributed by atoms with Crippen molar-refractivity contribution in [1.82, 2.24) is 25.4 Å². The molecule has 1 unspecified atom stereocenters. The predicted molar refractivity (Wildman–Crippen MR) is 246 cm³/mol. The van der Waals surface area contributed by atoms with E-state index >= 15 is 0 Å². The molecule has 4 aliphatic rings. The zero-order valence-corrected chi connectivity index (χ0v) is 37.4. The third-order valence-electron chi connectivity index (χ3n) is 12.6. The van der Waals surface area contributed by atoms with Crippen LogP contribution in [0.1, 0.15) is 68.9 Å². The van der Waals surface area contributed by atoms with Gasteiger partial charge in [-0.25, -0.2) is 9.78 Å². The number of para-hydroxylation sites is 1. The van der Waals surface area contributed by atoms with E-state index in [0.29, 0.717) is 67.3 Å². The average molecular weight is 897 g/mol. The van der Waals surface area contributed by atoms with Crippen molar-refractivity contribution >= 4 is 53.1 Å². The van der Waals surface area contributed by atoms with E-state index in [2.05, 4.69) is 30.7 Å². The number of rotatable bonds is 19. The Bertz CT molecular complexity index is 2210. The van der Waals surface area contributed by atoms with Crippen LogP contribution >= 0.6 is 11.8 Å². The van der Waals surface area contributed by atoms with Gasteiger partial charge in [0, 0.05) is 60.3 Å². The van der Waals surface area contributed by atoms with Crippen LogP contribution < -0.4 is 31.3 Å². The van der Waals surface area contributed by atoms with E-state index in [9.17, 15) is 29.4 Å². The molecule has 1 spiro atoms. The van der Waals surface area contributed by atoms with Crippen LogP contribution in [0.15, 0.2) is 84.5 Å². The first-order valence-corrected chi connectivity index (χ1v) is 23.2. The number of piperazine rings is 1. The number of anilines is 2. The van der Waals surface area contributed by atoms with Crippen molar-refractivity contribution in [3.63, 3.8) is 0 Å². The van der Waals surface area contributed by atoms with Gasteiger partial charge in [-0.1, -0.05) is 36.8 Å². The average Bonchev–Trinajstić information content (AvgIpc) is 3.22. The van der Waals surface area contributed by atoms with E-state index < -0.39 is 35.3 Å². The van der Waals surface area contributed by atoms with Crippen LogP contribution in [0.5, 0.6) is 11.6 Å². The summed E-state index contributed by atoms with van der Waals surface area (Å²) in [6, 6.07) is 16.9. The van der Waals surface area contributed by atoms with Gasteiger partial charge in [0.05, 0.1) is 11.2 Å². The quantitative estimate of drug-likeness (QED) is 0.0499. The van der Waals surface area contributed by atoms with Crippen molar-refractivity contribution < 1.29 is 38.9 Å². The van der Waals surface area contributed by atoms with Crippen LogP contribution in [0, 0.1) is 5.41 Å². The highest BCUT2D eigenvalue weighted by atomic mass is 32.2. The molecule has 7 N–H and O–H groups in total. The molecule has 342 valence electrons. The van der Waals surface area contributed by atoms with Crippen molar-refractivity contribution in [2.45, 2.75) is 82.1 Å². The molecule has 2 saturated carbocycles. The van der Waals surface area contributed by atoms with E-state index in [1.54, 1.807) is 60.8 Å². The Morgan fingerprint density at radius 2 is 1.80 bits per heavy atom. The smallest absolute Gasteiger partial charge is 0.413 e. The summed E-state index contributed by atoms with van der Waals surface area (Å²) < 4.78 is 11.7. The number of aromatic nitrogens is 1. The summed E-state index contributed by atoms with van der Waals surface area (Å²) in [6.07, 6.45) is 11.1. The minimum atomic E-state index is -1.50. The Kier molecular flexibility index (Phi) is 14.9. The number of alkyl carbamates (subject to hydrolysis) is 1. The monoisotopic (exact) mass is 896 g/mol. The highest BCUT2D eigenvalue weighted by Crippen LogP contribution is 2.43. The van der Waals surface area contributed by atoms with Crippen molar-refractivity contribution in [3.8, 4) is 11.6 Å². The third kappa shape index (κ3) is 11.0. The van der Waals surface area contributed by atoms with E-state index in [1.807, 2.05) is 49.0 Å². The van der Waals surface area contributed by atoms with Crippen molar-refractivity contribution in [1.29, 1.82) is 0 Å². The van der Waals surface area contributed by atoms with E-state index in [0.717, 1.165) is 43.0 Å². The molecule has 16 nitrogen and oxygen atoms in total. The Morgan fingerprint density at radius 3 is 2.44 bits per heavy atom. The second-order valence-corrected chi connectivity index (χ2v) is 18.4. The molecule has 64 heavy (non-hydrogen) atoms. The maximum Gasteiger partial charge on any atom is 0.413 e. The first kappa shape index (κ1) is 46.1. The summed E-state index contributed by atoms with van der Waals surface area (Å²) in [5.41, 5.74) is 8.35. The van der Waals surface area contributed by atoms with Crippen LogP contribution in [0.3, 0.4) is 0 Å². The summed E-state index contributed by atoms with van der Waals surface area (Å²) >= 11 is 1.87. The van der Waals surface area contributed by atoms with Gasteiger partial charge >= 0.3 is 12.1 Å². The number of unbranched alkanes of at least 4 members (excludes halogenated alkanes) is 1. The summed E-state index contributed by atoms with van der Waals surface area (Å²) in [7, 11) is 3.92. The van der Waals surface area contributed by atoms with Gasteiger partial charge in [-0.3, -0.25) is 19.7 Å². The zero-order valence-electron chi connectivity index (χ0n) is 36.6. The summed E-state index contributed by atoms with van der Waals surface area (Å²) in [4.78, 5) is 63.0. The number of hydrogen-bond donors (Lipinski definition) is 6. The van der Waals surface area contributed by atoms with E-state index in [-0.39, 0.29) is 42.7 Å². The molecule has 1 aromatic heterocycles. The first-order valence-electron chi connectivity index (χ1n) is 22.1. The predicted octanol–water partition coefficient (Wildman–Crippen LogP) is 5.50. The van der Waals surface area contributed by atoms with Gasteiger partial charge in [0.15, 0.2) is 0 Å². The lowest BCUT2D eigenvalue weighted by atomic mass is 9.68. The Balaban J connectivity index is 0.989. The molecule has 2 aromatic carbocycles. The number of phenolic OH excluding ortho intramolecular Hbond substituents is 1. The first-order chi connectivity index (χ1) is 30.8. The van der Waals surface area contributed by atoms with Crippen LogP contribution in [0.25, 0.3) is 6.08 Å². The second-order valence-electron chi connectivity index (χ2n) is 17.5. The minimum Gasteiger partial charge on any atom is -0.507 e. The standard InChI is InChI=1S/C47H60N8O8S/c1-53(2)24-6-5-12-37(51-43(58)47(44(59)60)21-8-22-47)42(57)50-34-17-14-32(15-18-34)28-62-45(61)52-41(48)38(19-16-33-9-3-4-13-39(33)56)54-25-26-55(46(29-54)30-64-31-46)35-20-23-49-40(27-35)63-36-10-7-11-36/h3-4,9,13-20,23,27,36-37,56H,5-8,10-12,21-22,24-26,28-31,48H2,1-2H3,(H,50,57)(H,51,58)(H,52,61)(H,59,60)/b19-16+,41-38-. The van der Waals surface area contributed by atoms with Gasteiger partial charge in [0.25, 0.3) is 0 Å². The minimum absolute atomic E-state index is 0.0877. The number of pyridine rings is 1. The number of carbonyl (C=O) groups is 4. The fourth-order valence-electron chi connectivity index (χ4n) is 8.31. The number of aliphatic carboxylic acids is 1. The molecule has 3 aromatic rings. The SMILES string of the molecule is CN(C)CCCCC(NC(=O)C1(C(=O)O)CCC1)C(=O)Nc1ccc(COC(=O)N/C(N)=C(/C=C/c2ccccc2O)N2CCN(c3ccnc(OC4CCC4)c3)C3(CSC3)C2)cc1. The molecule has 4 fully saturated rings. The number of phenols is 1. The molecular weight excluding hydrogens is 837 g/mol. The van der Waals surface area contributed by atoms with E-state index in [1.165, 1.54) is 6.42 Å². The lowest BCUT2D eigenvalue weighted by Crippen LogP contribution is -2.69. The number of aromatic hydroxyl groups is 1. The van der Waals surface area contributed by atoms with Gasteiger partial charge < -0.3 is 50.8 Å². The van der Waals surface area contributed by atoms with E-state index in [4.69, 9.17) is 15.2 Å². The Hall–Kier alpha value is -5.94. The number of nitrogens with two attached hydrogens (primary N) is 1. The number of carbonyl (C=O) groups excluding carboxylic acids is 3. The topological polar surface area (TPSA) is 212 Å². The van der Waals surface area contributed by atoms with Crippen LogP contribution in [0.4, 0.5) is 16.2 Å². The fraction of sp³-hybridized carbons (Fsp3) is 0.468. The molecular formula is C47H60N8O8S. The van der Waals surface area contributed by atoms with Gasteiger partial charge in [-0.05, 0) is 114 Å². The number of nitrogens with zero attached hydrogens (tertiary/aromatic N) is 4. The molecule has 7 rings (SSSR count). The number of allylic oxidation sites excluding steroid dienone is 1. The molecule has 3 amide bonds. The normalized spacial score (nSPS) is 18.5. The van der Waals surface area contributed by atoms with Crippen LogP contribution in [0.2, 0.25) is 0 Å². The number of nitrogens with one attached hydrogen (secondary N) is 3. The van der Waals surface area contributed by atoms with Crippen molar-refractivity contribution in [3.05, 3.63) is 95.6 Å². The number of amides is 3. The Labute approximate surface area is 378 Å². The number of hydrogen-bond acceptors (Lipinski definition) is 13. The van der Waals surface area contributed by atoms with Crippen LogP contribution in [-0.4, -0.2) is 118 Å². The summed E-state index contributed by atoms with van der Waals surface area (Å²) in [5, 5.41) is 28.6. The molecule has 0 bridgehead atoms. The van der Waals surface area contributed by atoms with Gasteiger partial charge in [0.2, 0.25) is 17.7 Å².